The topological polar surface area (TPSA) is 72.9 Å². The fourth-order valence-electron chi connectivity index (χ4n) is 4.78. The lowest BCUT2D eigenvalue weighted by Crippen LogP contribution is -2.47. The van der Waals surface area contributed by atoms with Crippen molar-refractivity contribution in [1.29, 1.82) is 0 Å². The molecule has 5 rings (SSSR count). The molecular formula is C28H29N3O3S. The van der Waals surface area contributed by atoms with Crippen molar-refractivity contribution in [3.05, 3.63) is 101 Å². The van der Waals surface area contributed by atoms with Crippen LogP contribution in [0.4, 0.5) is 5.69 Å². The van der Waals surface area contributed by atoms with Gasteiger partial charge in [-0.25, -0.2) is 0 Å². The van der Waals surface area contributed by atoms with E-state index in [1.807, 2.05) is 84.8 Å². The molecule has 2 heterocycles. The first kappa shape index (κ1) is 23.5. The fraction of sp³-hybridized carbons (Fsp3) is 0.286. The summed E-state index contributed by atoms with van der Waals surface area (Å²) in [4.78, 5) is 29.4. The molecule has 2 aromatic carbocycles. The molecule has 2 N–H and O–H groups in total. The Balaban J connectivity index is 1.13. The Labute approximate surface area is 210 Å². The Bertz CT molecular complexity index is 1200. The van der Waals surface area contributed by atoms with Crippen LogP contribution in [0.3, 0.4) is 0 Å². The summed E-state index contributed by atoms with van der Waals surface area (Å²) < 4.78 is 3.31. The van der Waals surface area contributed by atoms with Crippen molar-refractivity contribution in [1.82, 2.24) is 9.80 Å². The number of aliphatic hydroxyl groups is 1. The van der Waals surface area contributed by atoms with Gasteiger partial charge in [-0.3, -0.25) is 9.59 Å². The second kappa shape index (κ2) is 9.76. The van der Waals surface area contributed by atoms with Gasteiger partial charge < -0.3 is 19.6 Å². The maximum Gasteiger partial charge on any atom is 0.253 e. The molecule has 0 bridgehead atoms. The Morgan fingerprint density at radius 3 is 2.51 bits per heavy atom. The number of hydrogen-bond acceptors (Lipinski definition) is 5. The van der Waals surface area contributed by atoms with Gasteiger partial charge in [-0.15, -0.1) is 0 Å². The van der Waals surface area contributed by atoms with Crippen molar-refractivity contribution in [2.45, 2.75) is 30.9 Å². The van der Waals surface area contributed by atoms with Crippen LogP contribution in [-0.2, 0) is 11.2 Å². The van der Waals surface area contributed by atoms with Crippen LogP contribution in [-0.4, -0.2) is 58.5 Å². The van der Waals surface area contributed by atoms with Crippen LogP contribution in [0, 0.1) is 0 Å². The van der Waals surface area contributed by atoms with E-state index in [1.165, 1.54) is 11.9 Å². The zero-order valence-corrected chi connectivity index (χ0v) is 20.5. The third-order valence-electron chi connectivity index (χ3n) is 6.92. The van der Waals surface area contributed by atoms with Gasteiger partial charge in [0.15, 0.2) is 0 Å². The van der Waals surface area contributed by atoms with Gasteiger partial charge in [0, 0.05) is 48.8 Å². The van der Waals surface area contributed by atoms with Gasteiger partial charge in [-0.2, -0.15) is 0 Å². The molecule has 35 heavy (non-hydrogen) atoms. The number of allylic oxidation sites excluding steroid dienone is 1. The number of carbonyl (C=O) groups is 2. The molecular weight excluding hydrogens is 458 g/mol. The first-order chi connectivity index (χ1) is 16.9. The van der Waals surface area contributed by atoms with Crippen LogP contribution in [0.1, 0.15) is 28.8 Å². The van der Waals surface area contributed by atoms with Gasteiger partial charge in [0.2, 0.25) is 5.91 Å². The lowest BCUT2D eigenvalue weighted by atomic mass is 9.85. The minimum Gasteiger partial charge on any atom is -0.389 e. The van der Waals surface area contributed by atoms with Crippen molar-refractivity contribution in [2.75, 3.05) is 24.9 Å². The van der Waals surface area contributed by atoms with Crippen molar-refractivity contribution in [3.8, 4) is 0 Å². The Morgan fingerprint density at radius 1 is 1.09 bits per heavy atom. The van der Waals surface area contributed by atoms with Crippen molar-refractivity contribution in [3.63, 3.8) is 0 Å². The number of fused-ring (bicyclic) bond motifs is 1. The average molecular weight is 488 g/mol. The highest BCUT2D eigenvalue weighted by Crippen LogP contribution is 2.32. The minimum atomic E-state index is -0.761. The zero-order valence-electron chi connectivity index (χ0n) is 19.7. The van der Waals surface area contributed by atoms with Crippen molar-refractivity contribution in [2.24, 2.45) is 0 Å². The Kier molecular flexibility index (Phi) is 6.54. The van der Waals surface area contributed by atoms with Gasteiger partial charge in [-0.05, 0) is 72.3 Å². The van der Waals surface area contributed by atoms with Crippen LogP contribution in [0.2, 0.25) is 0 Å². The Morgan fingerprint density at radius 2 is 1.80 bits per heavy atom. The van der Waals surface area contributed by atoms with Crippen molar-refractivity contribution < 1.29 is 14.7 Å². The quantitative estimate of drug-likeness (QED) is 0.598. The van der Waals surface area contributed by atoms with E-state index in [0.29, 0.717) is 37.9 Å². The smallest absolute Gasteiger partial charge is 0.253 e. The van der Waals surface area contributed by atoms with Gasteiger partial charge >= 0.3 is 0 Å². The van der Waals surface area contributed by atoms with Gasteiger partial charge in [0.1, 0.15) is 0 Å². The summed E-state index contributed by atoms with van der Waals surface area (Å²) in [6.07, 6.45) is 9.51. The van der Waals surface area contributed by atoms with E-state index in [2.05, 4.69) is 4.72 Å². The lowest BCUT2D eigenvalue weighted by molar-refractivity contribution is -0.124. The molecule has 6 nitrogen and oxygen atoms in total. The number of likely N-dealkylation sites (tertiary alicyclic amines) is 1. The predicted molar refractivity (Wildman–Crippen MR) is 140 cm³/mol. The first-order valence-electron chi connectivity index (χ1n) is 11.9. The van der Waals surface area contributed by atoms with E-state index in [9.17, 15) is 14.7 Å². The number of anilines is 1. The number of rotatable bonds is 6. The van der Waals surface area contributed by atoms with E-state index in [-0.39, 0.29) is 17.9 Å². The molecule has 3 aliphatic rings. The zero-order chi connectivity index (χ0) is 24.4. The maximum absolute atomic E-state index is 13.0. The summed E-state index contributed by atoms with van der Waals surface area (Å²) in [6, 6.07) is 17.5. The van der Waals surface area contributed by atoms with Crippen LogP contribution >= 0.6 is 11.9 Å². The summed E-state index contributed by atoms with van der Waals surface area (Å²) >= 11 is 1.48. The van der Waals surface area contributed by atoms with Crippen LogP contribution < -0.4 is 4.72 Å². The number of nitrogens with one attached hydrogen (secondary N) is 1. The number of benzene rings is 2. The normalized spacial score (nSPS) is 20.9. The van der Waals surface area contributed by atoms with Gasteiger partial charge in [0.25, 0.3) is 5.91 Å². The molecule has 1 unspecified atom stereocenters. The SMILES string of the molecule is CN1C(=O)C=C2C=C(SNc3ccc(C(=O)N4CCC(O)(Cc5ccccc5)CC4)cc3)C=CC21. The molecule has 1 atom stereocenters. The van der Waals surface area contributed by atoms with E-state index in [0.717, 1.165) is 21.7 Å². The molecule has 2 aromatic rings. The molecule has 0 saturated carbocycles. The van der Waals surface area contributed by atoms with E-state index in [1.54, 1.807) is 11.0 Å². The third kappa shape index (κ3) is 5.21. The maximum atomic E-state index is 13.0. The van der Waals surface area contributed by atoms with E-state index < -0.39 is 5.60 Å². The molecule has 0 aromatic heterocycles. The number of likely N-dealkylation sites (N-methyl/N-ethyl adjacent to an activating group) is 1. The number of nitrogens with zero attached hydrogens (tertiary/aromatic N) is 2. The number of carbonyl (C=O) groups excluding carboxylic acids is 2. The highest BCUT2D eigenvalue weighted by atomic mass is 32.2. The summed E-state index contributed by atoms with van der Waals surface area (Å²) in [7, 11) is 1.81. The van der Waals surface area contributed by atoms with Crippen LogP contribution in [0.15, 0.2) is 89.4 Å². The second-order valence-corrected chi connectivity index (χ2v) is 10.3. The molecule has 1 fully saturated rings. The monoisotopic (exact) mass is 487 g/mol. The second-order valence-electron chi connectivity index (χ2n) is 9.40. The fourth-order valence-corrected chi connectivity index (χ4v) is 5.49. The molecule has 180 valence electrons. The van der Waals surface area contributed by atoms with Gasteiger partial charge in [-0.1, -0.05) is 36.4 Å². The molecule has 0 radical (unpaired) electrons. The lowest BCUT2D eigenvalue weighted by Gasteiger charge is -2.38. The summed E-state index contributed by atoms with van der Waals surface area (Å²) in [5, 5.41) is 11.0. The first-order valence-corrected chi connectivity index (χ1v) is 12.7. The van der Waals surface area contributed by atoms with E-state index >= 15 is 0 Å². The van der Waals surface area contributed by atoms with Gasteiger partial charge in [0.05, 0.1) is 11.6 Å². The summed E-state index contributed by atoms with van der Waals surface area (Å²) in [5.74, 6) is 0.0248. The van der Waals surface area contributed by atoms with E-state index in [4.69, 9.17) is 0 Å². The van der Waals surface area contributed by atoms with Crippen molar-refractivity contribution >= 4 is 29.4 Å². The third-order valence-corrected chi connectivity index (χ3v) is 7.75. The summed E-state index contributed by atoms with van der Waals surface area (Å²) in [5.41, 5.74) is 2.90. The minimum absolute atomic E-state index is 0.00288. The molecule has 0 spiro atoms. The van der Waals surface area contributed by atoms with Crippen LogP contribution in [0.25, 0.3) is 0 Å². The predicted octanol–water partition coefficient (Wildman–Crippen LogP) is 4.18. The molecule has 1 saturated heterocycles. The molecule has 7 heteroatoms. The number of piperidine rings is 1. The average Bonchev–Trinajstić information content (AvgIpc) is 3.16. The number of hydrogen-bond donors (Lipinski definition) is 2. The standard InChI is InChI=1S/C28H29N3O3S/c1-30-25-12-11-24(17-22(25)18-26(30)32)35-29-23-9-7-21(8-10-23)27(33)31-15-13-28(34,14-16-31)19-20-5-3-2-4-6-20/h2-12,17-18,25,29,34H,13-16,19H2,1H3. The molecule has 2 aliphatic heterocycles. The number of amides is 2. The molecule has 2 amide bonds. The highest BCUT2D eigenvalue weighted by Gasteiger charge is 2.34. The Hall–Kier alpha value is -3.29. The largest absolute Gasteiger partial charge is 0.389 e. The van der Waals surface area contributed by atoms with Crippen LogP contribution in [0.5, 0.6) is 0 Å². The highest BCUT2D eigenvalue weighted by molar-refractivity contribution is 8.04. The molecule has 1 aliphatic carbocycles. The summed E-state index contributed by atoms with van der Waals surface area (Å²) in [6.45, 7) is 1.10.